The molecule has 10 heteroatoms. The third-order valence-corrected chi connectivity index (χ3v) is 8.83. The predicted molar refractivity (Wildman–Crippen MR) is 154 cm³/mol. The summed E-state index contributed by atoms with van der Waals surface area (Å²) in [5, 5.41) is 14.3. The number of aromatic amines is 2. The molecule has 6 heterocycles. The normalized spacial score (nSPS) is 27.2. The molecule has 4 atom stereocenters. The van der Waals surface area contributed by atoms with Gasteiger partial charge in [-0.3, -0.25) is 10.3 Å². The highest BCUT2D eigenvalue weighted by molar-refractivity contribution is 6.07. The molecule has 3 aliphatic heterocycles. The van der Waals surface area contributed by atoms with Crippen molar-refractivity contribution in [3.8, 4) is 0 Å². The fraction of sp³-hybridized carbons (Fsp3) is 0.484. The van der Waals surface area contributed by atoms with Gasteiger partial charge in [0, 0.05) is 35.7 Å². The number of halogens is 1. The van der Waals surface area contributed by atoms with E-state index in [0.29, 0.717) is 43.5 Å². The summed E-state index contributed by atoms with van der Waals surface area (Å²) in [6.07, 6.45) is 7.32. The van der Waals surface area contributed by atoms with E-state index in [0.717, 1.165) is 35.6 Å². The van der Waals surface area contributed by atoms with Crippen LogP contribution in [0.3, 0.4) is 0 Å². The van der Waals surface area contributed by atoms with E-state index < -0.39 is 17.8 Å². The van der Waals surface area contributed by atoms with Gasteiger partial charge in [-0.05, 0) is 56.2 Å². The lowest BCUT2D eigenvalue weighted by Crippen LogP contribution is -2.56. The molecule has 1 aromatic carbocycles. The predicted octanol–water partition coefficient (Wildman–Crippen LogP) is 5.43. The fourth-order valence-corrected chi connectivity index (χ4v) is 6.59. The first-order chi connectivity index (χ1) is 19.9. The number of H-pyrrole nitrogens is 2. The maximum Gasteiger partial charge on any atom is 0.242 e. The van der Waals surface area contributed by atoms with Gasteiger partial charge in [0.1, 0.15) is 17.5 Å². The molecule has 0 saturated carbocycles. The van der Waals surface area contributed by atoms with Crippen molar-refractivity contribution >= 4 is 16.6 Å². The standard InChI is InChI=1S/C31H36FN7O2/c1-17(2)29-38-39-30(41-29)31(19-11-13-40-14-12-19)27-21(20-7-4-5-9-23(20)35-27)15-25(37-31)28-33-16-26(36-28)24-10-6-8-22(32)18(3)34-24/h4-7,9-10,16-19,22,25,35,37H,8,11-15H2,1-3H3,(H,33,36). The van der Waals surface area contributed by atoms with Crippen LogP contribution in [0.4, 0.5) is 4.39 Å². The number of ether oxygens (including phenoxy) is 1. The lowest BCUT2D eigenvalue weighted by atomic mass is 9.71. The third-order valence-electron chi connectivity index (χ3n) is 8.83. The number of nitrogens with zero attached hydrogens (tertiary/aromatic N) is 4. The van der Waals surface area contributed by atoms with Crippen molar-refractivity contribution in [2.75, 3.05) is 13.2 Å². The SMILES string of the molecule is CC(C)c1nnc(C2(C3CCOCC3)NC(c3ncc(C4=NC(C)C(F)CC=C4)[nH]3)Cc3c2[nH]c2ccccc32)o1. The largest absolute Gasteiger partial charge is 0.423 e. The van der Waals surface area contributed by atoms with Crippen molar-refractivity contribution in [2.24, 2.45) is 10.9 Å². The number of fused-ring (bicyclic) bond motifs is 3. The first-order valence-corrected chi connectivity index (χ1v) is 14.7. The van der Waals surface area contributed by atoms with E-state index in [1.54, 1.807) is 6.20 Å². The quantitative estimate of drug-likeness (QED) is 0.301. The van der Waals surface area contributed by atoms with Gasteiger partial charge in [-0.15, -0.1) is 10.2 Å². The van der Waals surface area contributed by atoms with Gasteiger partial charge < -0.3 is 19.1 Å². The maximum atomic E-state index is 14.3. The van der Waals surface area contributed by atoms with Gasteiger partial charge in [-0.1, -0.05) is 38.1 Å². The molecule has 4 aromatic rings. The van der Waals surface area contributed by atoms with Crippen LogP contribution in [0.5, 0.6) is 0 Å². The summed E-state index contributed by atoms with van der Waals surface area (Å²) in [5.74, 6) is 2.23. The van der Waals surface area contributed by atoms with Crippen LogP contribution in [0.1, 0.15) is 86.6 Å². The highest BCUT2D eigenvalue weighted by Crippen LogP contribution is 2.49. The van der Waals surface area contributed by atoms with Gasteiger partial charge in [-0.25, -0.2) is 9.37 Å². The van der Waals surface area contributed by atoms with Crippen LogP contribution in [0.25, 0.3) is 10.9 Å². The van der Waals surface area contributed by atoms with Gasteiger partial charge in [0.15, 0.2) is 0 Å². The molecule has 0 radical (unpaired) electrons. The fourth-order valence-electron chi connectivity index (χ4n) is 6.59. The van der Waals surface area contributed by atoms with Crippen LogP contribution in [0.2, 0.25) is 0 Å². The van der Waals surface area contributed by atoms with Crippen LogP contribution < -0.4 is 5.32 Å². The van der Waals surface area contributed by atoms with Gasteiger partial charge in [0.25, 0.3) is 0 Å². The minimum absolute atomic E-state index is 0.108. The van der Waals surface area contributed by atoms with Gasteiger partial charge >= 0.3 is 0 Å². The zero-order valence-corrected chi connectivity index (χ0v) is 23.7. The van der Waals surface area contributed by atoms with Crippen molar-refractivity contribution in [1.29, 1.82) is 0 Å². The summed E-state index contributed by atoms with van der Waals surface area (Å²) in [6, 6.07) is 7.83. The monoisotopic (exact) mass is 557 g/mol. The summed E-state index contributed by atoms with van der Waals surface area (Å²) in [6.45, 7) is 7.28. The highest BCUT2D eigenvalue weighted by Gasteiger charge is 2.53. The van der Waals surface area contributed by atoms with Crippen LogP contribution in [0, 0.1) is 5.92 Å². The number of hydrogen-bond acceptors (Lipinski definition) is 7. The highest BCUT2D eigenvalue weighted by atomic mass is 19.1. The van der Waals surface area contributed by atoms with E-state index in [-0.39, 0.29) is 17.9 Å². The molecule has 9 nitrogen and oxygen atoms in total. The molecule has 41 heavy (non-hydrogen) atoms. The Bertz CT molecular complexity index is 1610. The topological polar surface area (TPSA) is 117 Å². The third kappa shape index (κ3) is 4.44. The second-order valence-electron chi connectivity index (χ2n) is 11.8. The Balaban J connectivity index is 1.38. The Morgan fingerprint density at radius 1 is 1.10 bits per heavy atom. The van der Waals surface area contributed by atoms with E-state index in [1.807, 2.05) is 19.1 Å². The summed E-state index contributed by atoms with van der Waals surface area (Å²) in [4.78, 5) is 16.8. The molecule has 1 saturated heterocycles. The number of hydrogen-bond donors (Lipinski definition) is 3. The van der Waals surface area contributed by atoms with Crippen LogP contribution >= 0.6 is 0 Å². The molecule has 3 N–H and O–H groups in total. The number of nitrogens with one attached hydrogen (secondary N) is 3. The molecular weight excluding hydrogens is 521 g/mol. The summed E-state index contributed by atoms with van der Waals surface area (Å²) >= 11 is 0. The molecule has 0 amide bonds. The number of benzene rings is 1. The number of rotatable bonds is 5. The molecular formula is C31H36FN7O2. The first-order valence-electron chi connectivity index (χ1n) is 14.7. The molecule has 1 fully saturated rings. The minimum Gasteiger partial charge on any atom is -0.423 e. The Kier molecular flexibility index (Phi) is 6.62. The lowest BCUT2D eigenvalue weighted by Gasteiger charge is -2.45. The number of para-hydroxylation sites is 1. The molecule has 3 aromatic heterocycles. The average molecular weight is 558 g/mol. The van der Waals surface area contributed by atoms with Crippen molar-refractivity contribution < 1.29 is 13.5 Å². The summed E-state index contributed by atoms with van der Waals surface area (Å²) in [7, 11) is 0. The zero-order chi connectivity index (χ0) is 28.1. The number of aromatic nitrogens is 5. The maximum absolute atomic E-state index is 14.3. The van der Waals surface area contributed by atoms with E-state index in [1.165, 1.54) is 10.9 Å². The minimum atomic E-state index is -0.989. The number of imidazole rings is 1. The Morgan fingerprint density at radius 3 is 2.73 bits per heavy atom. The molecule has 3 aliphatic rings. The zero-order valence-electron chi connectivity index (χ0n) is 23.7. The second kappa shape index (κ2) is 10.3. The Labute approximate surface area is 238 Å². The molecule has 7 rings (SSSR count). The molecule has 0 spiro atoms. The molecule has 0 bridgehead atoms. The van der Waals surface area contributed by atoms with E-state index in [2.05, 4.69) is 68.6 Å². The first kappa shape index (κ1) is 26.3. The molecule has 4 unspecified atom stereocenters. The van der Waals surface area contributed by atoms with Gasteiger partial charge in [0.2, 0.25) is 11.8 Å². The van der Waals surface area contributed by atoms with E-state index in [4.69, 9.17) is 14.1 Å². The number of alkyl halides is 1. The van der Waals surface area contributed by atoms with Gasteiger partial charge in [0.05, 0.1) is 29.7 Å². The van der Waals surface area contributed by atoms with Crippen LogP contribution in [0.15, 0.2) is 52.0 Å². The van der Waals surface area contributed by atoms with Crippen LogP contribution in [-0.2, 0) is 16.7 Å². The lowest BCUT2D eigenvalue weighted by molar-refractivity contribution is 0.0221. The summed E-state index contributed by atoms with van der Waals surface area (Å²) in [5.41, 5.74) is 4.11. The van der Waals surface area contributed by atoms with Crippen LogP contribution in [-0.4, -0.2) is 56.3 Å². The number of aliphatic imine (C=N–C) groups is 1. The van der Waals surface area contributed by atoms with Crippen molar-refractivity contribution in [3.63, 3.8) is 0 Å². The van der Waals surface area contributed by atoms with Crippen molar-refractivity contribution in [1.82, 2.24) is 30.5 Å². The van der Waals surface area contributed by atoms with E-state index >= 15 is 0 Å². The average Bonchev–Trinajstić information content (AvgIpc) is 3.73. The molecule has 214 valence electrons. The Morgan fingerprint density at radius 2 is 1.93 bits per heavy atom. The number of allylic oxidation sites excluding steroid dienone is 2. The van der Waals surface area contributed by atoms with Crippen molar-refractivity contribution in [3.05, 3.63) is 77.2 Å². The molecule has 0 aliphatic carbocycles. The second-order valence-corrected chi connectivity index (χ2v) is 11.8. The van der Waals surface area contributed by atoms with E-state index in [9.17, 15) is 4.39 Å². The smallest absolute Gasteiger partial charge is 0.242 e. The van der Waals surface area contributed by atoms with Gasteiger partial charge in [-0.2, -0.15) is 0 Å². The summed E-state index contributed by atoms with van der Waals surface area (Å²) < 4.78 is 26.6. The Hall–Kier alpha value is -3.63. The van der Waals surface area contributed by atoms with Crippen molar-refractivity contribution in [2.45, 2.75) is 76.2 Å².